The third-order valence-corrected chi connectivity index (χ3v) is 5.85. The molecule has 3 aromatic rings. The van der Waals surface area contributed by atoms with E-state index in [1.54, 1.807) is 13.1 Å². The van der Waals surface area contributed by atoms with E-state index in [-0.39, 0.29) is 11.9 Å². The van der Waals surface area contributed by atoms with Gasteiger partial charge in [0.2, 0.25) is 5.91 Å². The molecule has 0 bridgehead atoms. The molecule has 0 aliphatic heterocycles. The first-order valence-corrected chi connectivity index (χ1v) is 10.9. The Morgan fingerprint density at radius 3 is 2.36 bits per heavy atom. The van der Waals surface area contributed by atoms with Crippen LogP contribution in [0.3, 0.4) is 0 Å². The number of carbonyl (C=O) groups excluding carboxylic acids is 1. The number of hydrogen-bond acceptors (Lipinski definition) is 3. The quantitative estimate of drug-likeness (QED) is 0.432. The molecule has 0 aliphatic carbocycles. The van der Waals surface area contributed by atoms with Crippen molar-refractivity contribution in [1.82, 2.24) is 15.6 Å². The standard InChI is InChI=1S/C25H25ClF3N3O/c1-16-14-19(10-11-20(16)26)21(12-8-17-9-13-22(31-15-17)25(27,28)29)32-23(24(33)30-2)18-6-4-3-5-7-18/h3-7,9-11,13-15,21,23,32H,8,12H2,1-2H3,(H,30,33)/t21-,23-/m1/s1. The third-order valence-electron chi connectivity index (χ3n) is 5.43. The molecule has 2 atom stereocenters. The SMILES string of the molecule is CNC(=O)[C@H](N[C@H](CCc1ccc(C(F)(F)F)nc1)c1ccc(Cl)c(C)c1)c1ccccc1. The number of benzene rings is 2. The van der Waals surface area contributed by atoms with Gasteiger partial charge >= 0.3 is 6.18 Å². The normalized spacial score (nSPS) is 13.4. The summed E-state index contributed by atoms with van der Waals surface area (Å²) in [6.07, 6.45) is -2.21. The maximum Gasteiger partial charge on any atom is 0.433 e. The highest BCUT2D eigenvalue weighted by Crippen LogP contribution is 2.29. The summed E-state index contributed by atoms with van der Waals surface area (Å²) in [6.45, 7) is 1.90. The lowest BCUT2D eigenvalue weighted by molar-refractivity contribution is -0.141. The molecule has 0 radical (unpaired) electrons. The summed E-state index contributed by atoms with van der Waals surface area (Å²) in [5.74, 6) is -0.187. The molecule has 4 nitrogen and oxygen atoms in total. The van der Waals surface area contributed by atoms with Crippen molar-refractivity contribution < 1.29 is 18.0 Å². The molecule has 8 heteroatoms. The molecule has 2 N–H and O–H groups in total. The van der Waals surface area contributed by atoms with Crippen LogP contribution in [-0.4, -0.2) is 17.9 Å². The van der Waals surface area contributed by atoms with Crippen molar-refractivity contribution in [2.45, 2.75) is 38.0 Å². The molecular weight excluding hydrogens is 451 g/mol. The number of amides is 1. The van der Waals surface area contributed by atoms with E-state index in [1.807, 2.05) is 49.4 Å². The van der Waals surface area contributed by atoms with E-state index in [9.17, 15) is 18.0 Å². The largest absolute Gasteiger partial charge is 0.433 e. The second-order valence-corrected chi connectivity index (χ2v) is 8.18. The summed E-state index contributed by atoms with van der Waals surface area (Å²) in [5, 5.41) is 6.76. The summed E-state index contributed by atoms with van der Waals surface area (Å²) >= 11 is 6.20. The summed E-state index contributed by atoms with van der Waals surface area (Å²) in [6, 6.07) is 16.6. The predicted octanol–water partition coefficient (Wildman–Crippen LogP) is 5.81. The van der Waals surface area contributed by atoms with Gasteiger partial charge in [-0.1, -0.05) is 60.1 Å². The van der Waals surface area contributed by atoms with Gasteiger partial charge in [-0.2, -0.15) is 13.2 Å². The summed E-state index contributed by atoms with van der Waals surface area (Å²) in [7, 11) is 1.58. The highest BCUT2D eigenvalue weighted by atomic mass is 35.5. The monoisotopic (exact) mass is 475 g/mol. The van der Waals surface area contributed by atoms with Crippen molar-refractivity contribution in [2.75, 3.05) is 7.05 Å². The summed E-state index contributed by atoms with van der Waals surface area (Å²) in [4.78, 5) is 16.2. The number of rotatable bonds is 8. The van der Waals surface area contributed by atoms with Crippen LogP contribution in [0.25, 0.3) is 0 Å². The van der Waals surface area contributed by atoms with Crippen molar-refractivity contribution in [3.05, 3.63) is 99.8 Å². The minimum absolute atomic E-state index is 0.187. The van der Waals surface area contributed by atoms with Gasteiger partial charge in [0.05, 0.1) is 0 Å². The van der Waals surface area contributed by atoms with Gasteiger partial charge in [0.25, 0.3) is 0 Å². The zero-order chi connectivity index (χ0) is 24.0. The lowest BCUT2D eigenvalue weighted by atomic mass is 9.95. The van der Waals surface area contributed by atoms with Gasteiger partial charge in [0.1, 0.15) is 11.7 Å². The number of pyridine rings is 1. The number of hydrogen-bond donors (Lipinski definition) is 2. The molecule has 0 fully saturated rings. The number of nitrogens with zero attached hydrogens (tertiary/aromatic N) is 1. The molecule has 33 heavy (non-hydrogen) atoms. The highest BCUT2D eigenvalue weighted by molar-refractivity contribution is 6.31. The Labute approximate surface area is 196 Å². The first-order chi connectivity index (χ1) is 15.7. The van der Waals surface area contributed by atoms with Gasteiger partial charge in [-0.25, -0.2) is 0 Å². The number of alkyl halides is 3. The second kappa shape index (κ2) is 10.8. The van der Waals surface area contributed by atoms with Gasteiger partial charge in [0.15, 0.2) is 0 Å². The first-order valence-electron chi connectivity index (χ1n) is 10.5. The van der Waals surface area contributed by atoms with Crippen molar-refractivity contribution in [3.8, 4) is 0 Å². The molecule has 0 spiro atoms. The van der Waals surface area contributed by atoms with Crippen LogP contribution in [0.5, 0.6) is 0 Å². The molecule has 1 aromatic heterocycles. The number of likely N-dealkylation sites (N-methyl/N-ethyl adjacent to an activating group) is 1. The molecule has 0 saturated carbocycles. The number of nitrogens with one attached hydrogen (secondary N) is 2. The van der Waals surface area contributed by atoms with E-state index >= 15 is 0 Å². The van der Waals surface area contributed by atoms with Crippen LogP contribution in [-0.2, 0) is 17.4 Å². The second-order valence-electron chi connectivity index (χ2n) is 7.77. The average Bonchev–Trinajstić information content (AvgIpc) is 2.81. The minimum atomic E-state index is -4.47. The lowest BCUT2D eigenvalue weighted by Gasteiger charge is -2.26. The van der Waals surface area contributed by atoms with Gasteiger partial charge in [-0.05, 0) is 54.2 Å². The van der Waals surface area contributed by atoms with Gasteiger partial charge in [-0.3, -0.25) is 15.1 Å². The third kappa shape index (κ3) is 6.55. The lowest BCUT2D eigenvalue weighted by Crippen LogP contribution is -2.38. The van der Waals surface area contributed by atoms with Gasteiger partial charge < -0.3 is 5.32 Å². The fourth-order valence-corrected chi connectivity index (χ4v) is 3.71. The van der Waals surface area contributed by atoms with Crippen molar-refractivity contribution in [1.29, 1.82) is 0 Å². The fraction of sp³-hybridized carbons (Fsp3) is 0.280. The van der Waals surface area contributed by atoms with Crippen LogP contribution in [0, 0.1) is 6.92 Å². The van der Waals surface area contributed by atoms with Crippen LogP contribution in [0.4, 0.5) is 13.2 Å². The summed E-state index contributed by atoms with van der Waals surface area (Å²) < 4.78 is 38.5. The highest BCUT2D eigenvalue weighted by Gasteiger charge is 2.32. The molecule has 1 amide bonds. The average molecular weight is 476 g/mol. The molecule has 1 heterocycles. The Hall–Kier alpha value is -2.90. The number of aryl methyl sites for hydroxylation is 2. The summed E-state index contributed by atoms with van der Waals surface area (Å²) in [5.41, 5.74) is 2.40. The molecule has 0 unspecified atom stereocenters. The van der Waals surface area contributed by atoms with E-state index in [0.717, 1.165) is 22.8 Å². The van der Waals surface area contributed by atoms with Gasteiger partial charge in [-0.15, -0.1) is 0 Å². The molecule has 3 rings (SSSR count). The topological polar surface area (TPSA) is 54.0 Å². The van der Waals surface area contributed by atoms with Gasteiger partial charge in [0, 0.05) is 24.3 Å². The fourth-order valence-electron chi connectivity index (χ4n) is 3.60. The molecular formula is C25H25ClF3N3O. The Balaban J connectivity index is 1.87. The van der Waals surface area contributed by atoms with E-state index in [4.69, 9.17) is 11.6 Å². The number of carbonyl (C=O) groups is 1. The Morgan fingerprint density at radius 2 is 1.79 bits per heavy atom. The molecule has 2 aromatic carbocycles. The van der Waals surface area contributed by atoms with Crippen molar-refractivity contribution in [3.63, 3.8) is 0 Å². The van der Waals surface area contributed by atoms with Crippen LogP contribution in [0.2, 0.25) is 5.02 Å². The first kappa shape index (κ1) is 24.7. The van der Waals surface area contributed by atoms with Crippen molar-refractivity contribution >= 4 is 17.5 Å². The van der Waals surface area contributed by atoms with Crippen LogP contribution < -0.4 is 10.6 Å². The van der Waals surface area contributed by atoms with Crippen LogP contribution in [0.15, 0.2) is 66.9 Å². The molecule has 0 aliphatic rings. The van der Waals surface area contributed by atoms with Crippen molar-refractivity contribution in [2.24, 2.45) is 0 Å². The van der Waals surface area contributed by atoms with Crippen LogP contribution in [0.1, 0.15) is 46.5 Å². The maximum atomic E-state index is 12.8. The Morgan fingerprint density at radius 1 is 1.06 bits per heavy atom. The smallest absolute Gasteiger partial charge is 0.358 e. The Kier molecular flexibility index (Phi) is 8.10. The Bertz CT molecular complexity index is 1070. The van der Waals surface area contributed by atoms with E-state index < -0.39 is 17.9 Å². The van der Waals surface area contributed by atoms with E-state index in [0.29, 0.717) is 23.4 Å². The predicted molar refractivity (Wildman–Crippen MR) is 123 cm³/mol. The number of halogens is 4. The zero-order valence-corrected chi connectivity index (χ0v) is 19.0. The van der Waals surface area contributed by atoms with E-state index in [1.165, 1.54) is 12.3 Å². The minimum Gasteiger partial charge on any atom is -0.358 e. The van der Waals surface area contributed by atoms with E-state index in [2.05, 4.69) is 15.6 Å². The molecule has 0 saturated heterocycles. The van der Waals surface area contributed by atoms with Crippen LogP contribution >= 0.6 is 11.6 Å². The number of aromatic nitrogens is 1. The zero-order valence-electron chi connectivity index (χ0n) is 18.3. The molecule has 174 valence electrons. The maximum absolute atomic E-state index is 12.8.